The zero-order valence-electron chi connectivity index (χ0n) is 12.3. The zero-order valence-corrected chi connectivity index (χ0v) is 13.8. The molecule has 5 heteroatoms. The maximum absolute atomic E-state index is 6.16. The minimum Gasteiger partial charge on any atom is -0.370 e. The van der Waals surface area contributed by atoms with Gasteiger partial charge in [-0.25, -0.2) is 4.68 Å². The number of nitrogens with zero attached hydrogens (tertiary/aromatic N) is 2. The van der Waals surface area contributed by atoms with E-state index in [-0.39, 0.29) is 0 Å². The molecule has 3 nitrogen and oxygen atoms in total. The van der Waals surface area contributed by atoms with Crippen LogP contribution in [0.4, 0.5) is 5.82 Å². The Morgan fingerprint density at radius 3 is 2.71 bits per heavy atom. The van der Waals surface area contributed by atoms with Crippen LogP contribution in [0.1, 0.15) is 43.9 Å². The van der Waals surface area contributed by atoms with Gasteiger partial charge >= 0.3 is 0 Å². The molecule has 0 saturated carbocycles. The number of halogens is 2. The molecular formula is C16H19Cl2N3. The molecule has 1 aliphatic rings. The number of nitrogens with one attached hydrogen (secondary N) is 1. The summed E-state index contributed by atoms with van der Waals surface area (Å²) in [6.07, 6.45) is 3.47. The number of hydrogen-bond acceptors (Lipinski definition) is 2. The molecule has 112 valence electrons. The first kappa shape index (κ1) is 14.7. The number of rotatable bonds is 2. The number of benzene rings is 1. The second kappa shape index (κ2) is 5.90. The molecule has 0 atom stereocenters. The standard InChI is InChI=1S/C16H19Cl2N3/c1-10(2)15-12-5-3-4-8-19-16(12)21(20-15)11-6-7-13(17)14(18)9-11/h6-7,9-10,19H,3-5,8H2,1-2H3. The van der Waals surface area contributed by atoms with E-state index in [1.165, 1.54) is 24.1 Å². The van der Waals surface area contributed by atoms with E-state index in [1.54, 1.807) is 0 Å². The van der Waals surface area contributed by atoms with Crippen molar-refractivity contribution in [2.24, 2.45) is 0 Å². The minimum atomic E-state index is 0.405. The predicted octanol–water partition coefficient (Wildman–Crippen LogP) is 5.05. The van der Waals surface area contributed by atoms with Gasteiger partial charge in [-0.3, -0.25) is 0 Å². The molecule has 0 bridgehead atoms. The van der Waals surface area contributed by atoms with Crippen molar-refractivity contribution >= 4 is 29.0 Å². The smallest absolute Gasteiger partial charge is 0.133 e. The lowest BCUT2D eigenvalue weighted by molar-refractivity contribution is 0.731. The van der Waals surface area contributed by atoms with Gasteiger partial charge in [0.05, 0.1) is 21.4 Å². The highest BCUT2D eigenvalue weighted by molar-refractivity contribution is 6.42. The molecule has 2 heterocycles. The van der Waals surface area contributed by atoms with Crippen molar-refractivity contribution in [1.29, 1.82) is 0 Å². The first-order chi connectivity index (χ1) is 10.1. The summed E-state index contributed by atoms with van der Waals surface area (Å²) >= 11 is 12.2. The topological polar surface area (TPSA) is 29.9 Å². The van der Waals surface area contributed by atoms with Crippen molar-refractivity contribution in [2.75, 3.05) is 11.9 Å². The van der Waals surface area contributed by atoms with Gasteiger partial charge in [-0.15, -0.1) is 0 Å². The van der Waals surface area contributed by atoms with E-state index in [0.717, 1.165) is 24.5 Å². The Kier molecular flexibility index (Phi) is 4.14. The van der Waals surface area contributed by atoms with Crippen molar-refractivity contribution in [3.05, 3.63) is 39.5 Å². The molecule has 1 aromatic heterocycles. The first-order valence-electron chi connectivity index (χ1n) is 7.39. The fourth-order valence-corrected chi connectivity index (χ4v) is 3.09. The fourth-order valence-electron chi connectivity index (χ4n) is 2.80. The summed E-state index contributed by atoms with van der Waals surface area (Å²) in [6.45, 7) is 5.36. The number of hydrogen-bond donors (Lipinski definition) is 1. The van der Waals surface area contributed by atoms with Crippen LogP contribution in [-0.4, -0.2) is 16.3 Å². The number of aromatic nitrogens is 2. The van der Waals surface area contributed by atoms with Gasteiger partial charge in [0.15, 0.2) is 0 Å². The first-order valence-corrected chi connectivity index (χ1v) is 8.14. The Bertz CT molecular complexity index is 662. The van der Waals surface area contributed by atoms with Crippen molar-refractivity contribution < 1.29 is 0 Å². The van der Waals surface area contributed by atoms with E-state index in [1.807, 2.05) is 22.9 Å². The normalized spacial score (nSPS) is 14.7. The van der Waals surface area contributed by atoms with Crippen LogP contribution in [0.2, 0.25) is 10.0 Å². The highest BCUT2D eigenvalue weighted by Gasteiger charge is 2.22. The molecule has 0 unspecified atom stereocenters. The van der Waals surface area contributed by atoms with Crippen molar-refractivity contribution in [3.8, 4) is 5.69 Å². The van der Waals surface area contributed by atoms with E-state index < -0.39 is 0 Å². The van der Waals surface area contributed by atoms with Crippen LogP contribution in [0, 0.1) is 0 Å². The molecule has 0 saturated heterocycles. The van der Waals surface area contributed by atoms with Crippen LogP contribution in [0.3, 0.4) is 0 Å². The highest BCUT2D eigenvalue weighted by atomic mass is 35.5. The second-order valence-electron chi connectivity index (χ2n) is 5.76. The summed E-state index contributed by atoms with van der Waals surface area (Å²) in [5.41, 5.74) is 3.46. The summed E-state index contributed by atoms with van der Waals surface area (Å²) in [4.78, 5) is 0. The zero-order chi connectivity index (χ0) is 15.0. The van der Waals surface area contributed by atoms with Crippen LogP contribution in [0.5, 0.6) is 0 Å². The van der Waals surface area contributed by atoms with Gasteiger partial charge in [-0.1, -0.05) is 37.0 Å². The molecule has 21 heavy (non-hydrogen) atoms. The van der Waals surface area contributed by atoms with Gasteiger partial charge in [0.25, 0.3) is 0 Å². The van der Waals surface area contributed by atoms with Gasteiger partial charge < -0.3 is 5.32 Å². The summed E-state index contributed by atoms with van der Waals surface area (Å²) in [7, 11) is 0. The summed E-state index contributed by atoms with van der Waals surface area (Å²) in [5, 5.41) is 9.47. The summed E-state index contributed by atoms with van der Waals surface area (Å²) in [5.74, 6) is 1.51. The van der Waals surface area contributed by atoms with Crippen molar-refractivity contribution in [2.45, 2.75) is 39.0 Å². The average molecular weight is 324 g/mol. The molecule has 1 aromatic carbocycles. The van der Waals surface area contributed by atoms with Crippen LogP contribution in [-0.2, 0) is 6.42 Å². The van der Waals surface area contributed by atoms with Crippen LogP contribution >= 0.6 is 23.2 Å². The summed E-state index contributed by atoms with van der Waals surface area (Å²) < 4.78 is 1.97. The van der Waals surface area contributed by atoms with Gasteiger partial charge in [-0.2, -0.15) is 5.10 Å². The lowest BCUT2D eigenvalue weighted by atomic mass is 10.0. The SMILES string of the molecule is CC(C)c1nn(-c2ccc(Cl)c(Cl)c2)c2c1CCCCN2. The van der Waals surface area contributed by atoms with Crippen LogP contribution in [0.15, 0.2) is 18.2 Å². The third-order valence-electron chi connectivity index (χ3n) is 3.86. The monoisotopic (exact) mass is 323 g/mol. The quantitative estimate of drug-likeness (QED) is 0.837. The van der Waals surface area contributed by atoms with E-state index in [4.69, 9.17) is 28.3 Å². The fraction of sp³-hybridized carbons (Fsp3) is 0.438. The van der Waals surface area contributed by atoms with Gasteiger partial charge in [0, 0.05) is 12.1 Å². The van der Waals surface area contributed by atoms with E-state index in [9.17, 15) is 0 Å². The number of anilines is 1. The molecule has 0 spiro atoms. The largest absolute Gasteiger partial charge is 0.370 e. The van der Waals surface area contributed by atoms with Gasteiger partial charge in [-0.05, 0) is 43.4 Å². The third-order valence-corrected chi connectivity index (χ3v) is 4.59. The Morgan fingerprint density at radius 2 is 2.00 bits per heavy atom. The highest BCUT2D eigenvalue weighted by Crippen LogP contribution is 2.33. The second-order valence-corrected chi connectivity index (χ2v) is 6.58. The van der Waals surface area contributed by atoms with Crippen molar-refractivity contribution in [3.63, 3.8) is 0 Å². The van der Waals surface area contributed by atoms with Crippen LogP contribution in [0.25, 0.3) is 5.69 Å². The molecule has 0 fully saturated rings. The maximum Gasteiger partial charge on any atom is 0.133 e. The molecule has 0 aliphatic carbocycles. The van der Waals surface area contributed by atoms with Gasteiger partial charge in [0.2, 0.25) is 0 Å². The van der Waals surface area contributed by atoms with Crippen molar-refractivity contribution in [1.82, 2.24) is 9.78 Å². The van der Waals surface area contributed by atoms with Crippen LogP contribution < -0.4 is 5.32 Å². The number of fused-ring (bicyclic) bond motifs is 1. The molecule has 0 amide bonds. The summed E-state index contributed by atoms with van der Waals surface area (Å²) in [6, 6.07) is 5.64. The Labute approximate surface area is 135 Å². The molecule has 3 rings (SSSR count). The molecule has 1 N–H and O–H groups in total. The average Bonchev–Trinajstić information content (AvgIpc) is 2.65. The lowest BCUT2D eigenvalue weighted by Crippen LogP contribution is -2.07. The third kappa shape index (κ3) is 2.77. The Hall–Kier alpha value is -1.19. The lowest BCUT2D eigenvalue weighted by Gasteiger charge is -2.10. The predicted molar refractivity (Wildman–Crippen MR) is 89.1 cm³/mol. The van der Waals surface area contributed by atoms with E-state index >= 15 is 0 Å². The van der Waals surface area contributed by atoms with E-state index in [0.29, 0.717) is 16.0 Å². The Balaban J connectivity index is 2.15. The minimum absolute atomic E-state index is 0.405. The van der Waals surface area contributed by atoms with E-state index in [2.05, 4.69) is 19.2 Å². The molecule has 2 aromatic rings. The molecular weight excluding hydrogens is 305 g/mol. The molecule has 1 aliphatic heterocycles. The molecule has 0 radical (unpaired) electrons. The maximum atomic E-state index is 6.16. The Morgan fingerprint density at radius 1 is 1.19 bits per heavy atom. The van der Waals surface area contributed by atoms with Gasteiger partial charge in [0.1, 0.15) is 5.82 Å².